The molecule has 0 fully saturated rings. The average Bonchev–Trinajstić information content (AvgIpc) is 2.79. The number of rotatable bonds is 8. The van der Waals surface area contributed by atoms with Crippen LogP contribution in [0.25, 0.3) is 0 Å². The van der Waals surface area contributed by atoms with Crippen molar-refractivity contribution in [1.82, 2.24) is 4.90 Å². The van der Waals surface area contributed by atoms with Crippen LogP contribution in [0.5, 0.6) is 0 Å². The van der Waals surface area contributed by atoms with E-state index in [0.29, 0.717) is 11.5 Å². The zero-order valence-electron chi connectivity index (χ0n) is 10.3. The minimum absolute atomic E-state index is 0.100. The molecule has 1 rings (SSSR count). The van der Waals surface area contributed by atoms with Gasteiger partial charge in [0.2, 0.25) is 0 Å². The smallest absolute Gasteiger partial charge is 0.304 e. The number of carboxylic acid groups (broad SMARTS) is 1. The van der Waals surface area contributed by atoms with Crippen molar-refractivity contribution < 1.29 is 9.90 Å². The van der Waals surface area contributed by atoms with Crippen LogP contribution < -0.4 is 5.73 Å². The van der Waals surface area contributed by atoms with Crippen LogP contribution in [0, 0.1) is 0 Å². The zero-order chi connectivity index (χ0) is 13.5. The lowest BCUT2D eigenvalue weighted by atomic mass is 10.1. The Hall–Kier alpha value is -0.980. The summed E-state index contributed by atoms with van der Waals surface area (Å²) in [4.78, 5) is 13.1. The van der Waals surface area contributed by atoms with Crippen LogP contribution in [0.1, 0.15) is 31.4 Å². The van der Waals surface area contributed by atoms with Crippen molar-refractivity contribution in [2.75, 3.05) is 13.1 Å². The first-order chi connectivity index (χ1) is 8.56. The first-order valence-corrected chi connectivity index (χ1v) is 7.18. The Labute approximate surface area is 116 Å². The van der Waals surface area contributed by atoms with E-state index in [1.807, 2.05) is 21.7 Å². The minimum Gasteiger partial charge on any atom is -0.481 e. The van der Waals surface area contributed by atoms with Gasteiger partial charge in [0.05, 0.1) is 17.5 Å². The highest BCUT2D eigenvalue weighted by atomic mass is 32.1. The quantitative estimate of drug-likeness (QED) is 0.718. The van der Waals surface area contributed by atoms with Gasteiger partial charge in [0, 0.05) is 6.54 Å². The number of carbonyl (C=O) groups is 1. The third kappa shape index (κ3) is 4.36. The molecule has 6 heteroatoms. The van der Waals surface area contributed by atoms with Crippen molar-refractivity contribution >= 4 is 34.5 Å². The van der Waals surface area contributed by atoms with E-state index in [4.69, 9.17) is 23.1 Å². The van der Waals surface area contributed by atoms with Crippen molar-refractivity contribution in [2.45, 2.75) is 25.8 Å². The Morgan fingerprint density at radius 2 is 2.33 bits per heavy atom. The van der Waals surface area contributed by atoms with Crippen LogP contribution in [-0.4, -0.2) is 34.1 Å². The van der Waals surface area contributed by atoms with E-state index in [2.05, 4.69) is 6.92 Å². The molecule has 1 heterocycles. The molecule has 1 unspecified atom stereocenters. The van der Waals surface area contributed by atoms with Crippen LogP contribution in [0.3, 0.4) is 0 Å². The highest BCUT2D eigenvalue weighted by Gasteiger charge is 2.23. The molecule has 0 radical (unpaired) electrons. The van der Waals surface area contributed by atoms with E-state index < -0.39 is 5.97 Å². The normalized spacial score (nSPS) is 12.6. The van der Waals surface area contributed by atoms with Gasteiger partial charge in [-0.25, -0.2) is 0 Å². The molecule has 0 aliphatic carbocycles. The molecule has 1 aromatic heterocycles. The highest BCUT2D eigenvalue weighted by Crippen LogP contribution is 2.24. The number of hydrogen-bond acceptors (Lipinski definition) is 4. The van der Waals surface area contributed by atoms with E-state index >= 15 is 0 Å². The van der Waals surface area contributed by atoms with Crippen molar-refractivity contribution in [3.63, 3.8) is 0 Å². The summed E-state index contributed by atoms with van der Waals surface area (Å²) in [5, 5.41) is 12.8. The van der Waals surface area contributed by atoms with Gasteiger partial charge in [0.15, 0.2) is 0 Å². The van der Waals surface area contributed by atoms with E-state index in [1.165, 1.54) is 0 Å². The summed E-state index contributed by atoms with van der Waals surface area (Å²) in [6.45, 7) is 3.30. The van der Waals surface area contributed by atoms with Gasteiger partial charge in [0.1, 0.15) is 0 Å². The van der Waals surface area contributed by atoms with Crippen LogP contribution >= 0.6 is 23.6 Å². The molecule has 100 valence electrons. The molecule has 0 aliphatic rings. The molecule has 1 aromatic rings. The Balaban J connectivity index is 2.84. The second kappa shape index (κ2) is 7.45. The first kappa shape index (κ1) is 15.1. The monoisotopic (exact) mass is 286 g/mol. The number of aliphatic carboxylic acids is 1. The summed E-state index contributed by atoms with van der Waals surface area (Å²) in [6, 6.07) is 1.82. The Morgan fingerprint density at radius 3 is 2.78 bits per heavy atom. The Morgan fingerprint density at radius 1 is 1.61 bits per heavy atom. The van der Waals surface area contributed by atoms with Gasteiger partial charge in [-0.2, -0.15) is 11.3 Å². The first-order valence-electron chi connectivity index (χ1n) is 5.83. The number of thiophene rings is 1. The Bertz CT molecular complexity index is 393. The van der Waals surface area contributed by atoms with Crippen molar-refractivity contribution in [3.8, 4) is 0 Å². The molecule has 0 aromatic carbocycles. The second-order valence-corrected chi connectivity index (χ2v) is 5.29. The lowest BCUT2D eigenvalue weighted by Gasteiger charge is -2.30. The molecule has 0 spiro atoms. The van der Waals surface area contributed by atoms with Crippen molar-refractivity contribution in [1.29, 1.82) is 0 Å². The second-order valence-electron chi connectivity index (χ2n) is 4.04. The fraction of sp³-hybridized carbons (Fsp3) is 0.500. The SMILES string of the molecule is CCCN(CCC(=O)O)C(C(N)=S)c1ccsc1. The zero-order valence-corrected chi connectivity index (χ0v) is 12.0. The van der Waals surface area contributed by atoms with Crippen molar-refractivity contribution in [2.24, 2.45) is 5.73 Å². The van der Waals surface area contributed by atoms with Gasteiger partial charge in [-0.1, -0.05) is 19.1 Å². The molecule has 0 bridgehead atoms. The minimum atomic E-state index is -0.803. The number of hydrogen-bond donors (Lipinski definition) is 2. The fourth-order valence-electron chi connectivity index (χ4n) is 1.88. The molecular weight excluding hydrogens is 268 g/mol. The van der Waals surface area contributed by atoms with E-state index in [-0.39, 0.29) is 12.5 Å². The molecule has 18 heavy (non-hydrogen) atoms. The summed E-state index contributed by atoms with van der Waals surface area (Å²) >= 11 is 6.72. The van der Waals surface area contributed by atoms with Gasteiger partial charge >= 0.3 is 5.97 Å². The molecule has 1 atom stereocenters. The third-order valence-electron chi connectivity index (χ3n) is 2.62. The van der Waals surface area contributed by atoms with Gasteiger partial charge in [-0.15, -0.1) is 0 Å². The average molecular weight is 286 g/mol. The Kier molecular flexibility index (Phi) is 6.24. The summed E-state index contributed by atoms with van der Waals surface area (Å²) in [5.41, 5.74) is 6.86. The number of nitrogens with two attached hydrogens (primary N) is 1. The fourth-order valence-corrected chi connectivity index (χ4v) is 2.85. The summed E-state index contributed by atoms with van der Waals surface area (Å²) in [7, 11) is 0. The number of thiocarbonyl (C=S) groups is 1. The van der Waals surface area contributed by atoms with Crippen LogP contribution in [0.15, 0.2) is 16.8 Å². The maximum atomic E-state index is 10.7. The van der Waals surface area contributed by atoms with Crippen LogP contribution in [0.4, 0.5) is 0 Å². The predicted octanol–water partition coefficient (Wildman–Crippen LogP) is 2.26. The largest absolute Gasteiger partial charge is 0.481 e. The number of carboxylic acids is 1. The summed E-state index contributed by atoms with van der Waals surface area (Å²) in [6.07, 6.45) is 1.03. The maximum absolute atomic E-state index is 10.7. The van der Waals surface area contributed by atoms with Gasteiger partial charge < -0.3 is 10.8 Å². The lowest BCUT2D eigenvalue weighted by Crippen LogP contribution is -2.38. The molecule has 0 saturated carbocycles. The summed E-state index contributed by atoms with van der Waals surface area (Å²) in [5.74, 6) is -0.803. The van der Waals surface area contributed by atoms with E-state index in [9.17, 15) is 4.79 Å². The summed E-state index contributed by atoms with van der Waals surface area (Å²) < 4.78 is 0. The highest BCUT2D eigenvalue weighted by molar-refractivity contribution is 7.80. The molecule has 3 N–H and O–H groups in total. The van der Waals surface area contributed by atoms with E-state index in [0.717, 1.165) is 18.5 Å². The maximum Gasteiger partial charge on any atom is 0.304 e. The topological polar surface area (TPSA) is 66.6 Å². The van der Waals surface area contributed by atoms with Gasteiger partial charge in [-0.05, 0) is 35.4 Å². The lowest BCUT2D eigenvalue weighted by molar-refractivity contribution is -0.137. The third-order valence-corrected chi connectivity index (χ3v) is 3.54. The molecule has 0 amide bonds. The van der Waals surface area contributed by atoms with Crippen LogP contribution in [0.2, 0.25) is 0 Å². The standard InChI is InChI=1S/C12H18N2O2S2/c1-2-5-14(6-3-10(15)16)11(12(13)17)9-4-7-18-8-9/h4,7-8,11H,2-3,5-6H2,1H3,(H2,13,17)(H,15,16). The van der Waals surface area contributed by atoms with Crippen LogP contribution in [-0.2, 0) is 4.79 Å². The number of nitrogens with zero attached hydrogens (tertiary/aromatic N) is 1. The molecular formula is C12H18N2O2S2. The van der Waals surface area contributed by atoms with Gasteiger partial charge in [0.25, 0.3) is 0 Å². The van der Waals surface area contributed by atoms with Crippen molar-refractivity contribution in [3.05, 3.63) is 22.4 Å². The van der Waals surface area contributed by atoms with Gasteiger partial charge in [-0.3, -0.25) is 9.69 Å². The molecule has 0 saturated heterocycles. The predicted molar refractivity (Wildman–Crippen MR) is 78.0 cm³/mol. The molecule has 4 nitrogen and oxygen atoms in total. The molecule has 0 aliphatic heterocycles. The van der Waals surface area contributed by atoms with E-state index in [1.54, 1.807) is 11.3 Å².